The second-order valence-corrected chi connectivity index (χ2v) is 5.16. The van der Waals surface area contributed by atoms with Crippen molar-refractivity contribution in [2.24, 2.45) is 0 Å². The molecule has 114 valence electrons. The van der Waals surface area contributed by atoms with Crippen LogP contribution in [0, 0.1) is 0 Å². The average molecular weight is 302 g/mol. The van der Waals surface area contributed by atoms with Crippen LogP contribution in [-0.4, -0.2) is 33.5 Å². The highest BCUT2D eigenvalue weighted by molar-refractivity contribution is 6.31. The lowest BCUT2D eigenvalue weighted by molar-refractivity contribution is 0.0770. The van der Waals surface area contributed by atoms with Gasteiger partial charge in [0.25, 0.3) is 0 Å². The molecule has 0 aliphatic heterocycles. The van der Waals surface area contributed by atoms with E-state index in [1.54, 1.807) is 20.3 Å². The van der Waals surface area contributed by atoms with E-state index < -0.39 is 0 Å². The van der Waals surface area contributed by atoms with Crippen LogP contribution in [-0.2, 0) is 11.3 Å². The van der Waals surface area contributed by atoms with Gasteiger partial charge in [-0.3, -0.25) is 0 Å². The van der Waals surface area contributed by atoms with Gasteiger partial charge in [0.15, 0.2) is 11.5 Å². The first-order valence-electron chi connectivity index (χ1n) is 6.81. The highest BCUT2D eigenvalue weighted by Crippen LogP contribution is 2.32. The molecule has 0 aliphatic carbocycles. The van der Waals surface area contributed by atoms with E-state index >= 15 is 0 Å². The van der Waals surface area contributed by atoms with E-state index in [1.165, 1.54) is 0 Å². The molecule has 0 spiro atoms. The van der Waals surface area contributed by atoms with Crippen LogP contribution in [0.4, 0.5) is 0 Å². The van der Waals surface area contributed by atoms with Gasteiger partial charge in [-0.25, -0.2) is 0 Å². The van der Waals surface area contributed by atoms with Crippen molar-refractivity contribution in [3.8, 4) is 11.5 Å². The van der Waals surface area contributed by atoms with Gasteiger partial charge in [0.05, 0.1) is 20.3 Å². The predicted octanol–water partition coefficient (Wildman–Crippen LogP) is 3.26. The summed E-state index contributed by atoms with van der Waals surface area (Å²) in [5.41, 5.74) is 0.995. The van der Waals surface area contributed by atoms with E-state index in [2.05, 4.69) is 5.32 Å². The van der Waals surface area contributed by atoms with Crippen molar-refractivity contribution in [2.75, 3.05) is 27.4 Å². The number of methoxy groups -OCH3 is 2. The Balaban J connectivity index is 2.43. The van der Waals surface area contributed by atoms with Gasteiger partial charge in [-0.05, 0) is 38.4 Å². The summed E-state index contributed by atoms with van der Waals surface area (Å²) in [5.74, 6) is 1.34. The Bertz CT molecular complexity index is 410. The molecule has 0 saturated carbocycles. The highest BCUT2D eigenvalue weighted by Gasteiger charge is 2.09. The molecule has 5 heteroatoms. The Kier molecular flexibility index (Phi) is 7.73. The summed E-state index contributed by atoms with van der Waals surface area (Å²) < 4.78 is 16.0. The second-order valence-electron chi connectivity index (χ2n) is 4.75. The SMILES string of the molecule is COc1cc(Cl)c(CNCCCOC(C)C)cc1OC. The minimum Gasteiger partial charge on any atom is -0.493 e. The number of nitrogens with one attached hydrogen (secondary N) is 1. The molecule has 0 saturated heterocycles. The number of rotatable bonds is 9. The van der Waals surface area contributed by atoms with Gasteiger partial charge < -0.3 is 19.5 Å². The van der Waals surface area contributed by atoms with Gasteiger partial charge in [0.1, 0.15) is 0 Å². The fraction of sp³-hybridized carbons (Fsp3) is 0.600. The maximum absolute atomic E-state index is 6.22. The lowest BCUT2D eigenvalue weighted by atomic mass is 10.2. The molecule has 1 N–H and O–H groups in total. The molecule has 20 heavy (non-hydrogen) atoms. The molecule has 1 rings (SSSR count). The Morgan fingerprint density at radius 2 is 1.80 bits per heavy atom. The second kappa shape index (κ2) is 9.06. The summed E-state index contributed by atoms with van der Waals surface area (Å²) >= 11 is 6.22. The standard InChI is InChI=1S/C15H24ClNO3/c1-11(2)20-7-5-6-17-10-12-8-14(18-3)15(19-4)9-13(12)16/h8-9,11,17H,5-7,10H2,1-4H3. The van der Waals surface area contributed by atoms with Gasteiger partial charge in [-0.1, -0.05) is 11.6 Å². The summed E-state index contributed by atoms with van der Waals surface area (Å²) in [6.45, 7) is 6.43. The molecule has 0 fully saturated rings. The van der Waals surface area contributed by atoms with Crippen LogP contribution in [0.5, 0.6) is 11.5 Å². The van der Waals surface area contributed by atoms with E-state index in [0.717, 1.165) is 25.1 Å². The number of benzene rings is 1. The normalized spacial score (nSPS) is 10.9. The zero-order valence-corrected chi connectivity index (χ0v) is 13.4. The first-order chi connectivity index (χ1) is 9.58. The van der Waals surface area contributed by atoms with Gasteiger partial charge in [-0.2, -0.15) is 0 Å². The molecule has 0 heterocycles. The topological polar surface area (TPSA) is 39.7 Å². The summed E-state index contributed by atoms with van der Waals surface area (Å²) in [7, 11) is 3.22. The van der Waals surface area contributed by atoms with E-state index in [9.17, 15) is 0 Å². The number of hydrogen-bond acceptors (Lipinski definition) is 4. The van der Waals surface area contributed by atoms with Crippen LogP contribution in [0.25, 0.3) is 0 Å². The van der Waals surface area contributed by atoms with E-state index in [4.69, 9.17) is 25.8 Å². The molecule has 0 atom stereocenters. The van der Waals surface area contributed by atoms with Gasteiger partial charge in [0, 0.05) is 24.2 Å². The molecule has 0 aromatic heterocycles. The summed E-state index contributed by atoms with van der Waals surface area (Å²) in [6.07, 6.45) is 1.26. The highest BCUT2D eigenvalue weighted by atomic mass is 35.5. The summed E-state index contributed by atoms with van der Waals surface area (Å²) in [5, 5.41) is 4.02. The molecular formula is C15H24ClNO3. The quantitative estimate of drug-likeness (QED) is 0.711. The molecule has 4 nitrogen and oxygen atoms in total. The summed E-state index contributed by atoms with van der Waals surface area (Å²) in [6, 6.07) is 3.68. The van der Waals surface area contributed by atoms with Crippen LogP contribution in [0.1, 0.15) is 25.8 Å². The van der Waals surface area contributed by atoms with Gasteiger partial charge in [0.2, 0.25) is 0 Å². The van der Waals surface area contributed by atoms with Crippen molar-refractivity contribution in [3.05, 3.63) is 22.7 Å². The average Bonchev–Trinajstić information content (AvgIpc) is 2.43. The third-order valence-corrected chi connectivity index (χ3v) is 3.17. The van der Waals surface area contributed by atoms with Crippen molar-refractivity contribution in [1.82, 2.24) is 5.32 Å². The smallest absolute Gasteiger partial charge is 0.162 e. The molecule has 0 radical (unpaired) electrons. The minimum absolute atomic E-state index is 0.287. The molecule has 1 aromatic rings. The third-order valence-electron chi connectivity index (χ3n) is 2.82. The molecule has 0 amide bonds. The lowest BCUT2D eigenvalue weighted by Crippen LogP contribution is -2.17. The number of ether oxygens (including phenoxy) is 3. The van der Waals surface area contributed by atoms with Crippen LogP contribution >= 0.6 is 11.6 Å². The fourth-order valence-corrected chi connectivity index (χ4v) is 1.99. The van der Waals surface area contributed by atoms with Crippen molar-refractivity contribution < 1.29 is 14.2 Å². The maximum Gasteiger partial charge on any atom is 0.162 e. The maximum atomic E-state index is 6.22. The van der Waals surface area contributed by atoms with Crippen LogP contribution in [0.3, 0.4) is 0 Å². The molecule has 0 unspecified atom stereocenters. The van der Waals surface area contributed by atoms with Gasteiger partial charge >= 0.3 is 0 Å². The molecule has 0 bridgehead atoms. The number of halogens is 1. The van der Waals surface area contributed by atoms with Crippen molar-refractivity contribution in [3.63, 3.8) is 0 Å². The Morgan fingerprint density at radius 3 is 2.40 bits per heavy atom. The van der Waals surface area contributed by atoms with Crippen molar-refractivity contribution in [2.45, 2.75) is 32.9 Å². The number of hydrogen-bond donors (Lipinski definition) is 1. The van der Waals surface area contributed by atoms with Crippen LogP contribution in [0.15, 0.2) is 12.1 Å². The molecule has 1 aromatic carbocycles. The largest absolute Gasteiger partial charge is 0.493 e. The van der Waals surface area contributed by atoms with Crippen molar-refractivity contribution in [1.29, 1.82) is 0 Å². The van der Waals surface area contributed by atoms with Crippen LogP contribution in [0.2, 0.25) is 5.02 Å². The predicted molar refractivity (Wildman–Crippen MR) is 82.0 cm³/mol. The first kappa shape index (κ1) is 17.1. The third kappa shape index (κ3) is 5.57. The van der Waals surface area contributed by atoms with E-state index in [-0.39, 0.29) is 6.10 Å². The Labute approximate surface area is 126 Å². The minimum atomic E-state index is 0.287. The lowest BCUT2D eigenvalue weighted by Gasteiger charge is -2.12. The summed E-state index contributed by atoms with van der Waals surface area (Å²) in [4.78, 5) is 0. The Morgan fingerprint density at radius 1 is 1.15 bits per heavy atom. The zero-order valence-electron chi connectivity index (χ0n) is 12.7. The fourth-order valence-electron chi connectivity index (χ4n) is 1.77. The van der Waals surface area contributed by atoms with Gasteiger partial charge in [-0.15, -0.1) is 0 Å². The monoisotopic (exact) mass is 301 g/mol. The molecular weight excluding hydrogens is 278 g/mol. The molecule has 0 aliphatic rings. The first-order valence-corrected chi connectivity index (χ1v) is 7.19. The Hall–Kier alpha value is -0.970. The van der Waals surface area contributed by atoms with E-state index in [1.807, 2.05) is 19.9 Å². The van der Waals surface area contributed by atoms with E-state index in [0.29, 0.717) is 23.1 Å². The van der Waals surface area contributed by atoms with Crippen molar-refractivity contribution >= 4 is 11.6 Å². The van der Waals surface area contributed by atoms with Crippen LogP contribution < -0.4 is 14.8 Å². The zero-order chi connectivity index (χ0) is 15.0.